The summed E-state index contributed by atoms with van der Waals surface area (Å²) in [5.41, 5.74) is 2.27. The van der Waals surface area contributed by atoms with Crippen molar-refractivity contribution in [2.45, 2.75) is 13.0 Å². The molecule has 10 heteroatoms. The molecule has 1 amide bonds. The Bertz CT molecular complexity index is 1220. The highest BCUT2D eigenvalue weighted by molar-refractivity contribution is 6.06. The third kappa shape index (κ3) is 3.91. The van der Waals surface area contributed by atoms with Crippen LogP contribution in [0.15, 0.2) is 54.0 Å². The topological polar surface area (TPSA) is 109 Å². The predicted molar refractivity (Wildman–Crippen MR) is 122 cm³/mol. The summed E-state index contributed by atoms with van der Waals surface area (Å²) in [5.74, 6) is 2.24. The van der Waals surface area contributed by atoms with Crippen LogP contribution in [0.1, 0.15) is 18.5 Å². The van der Waals surface area contributed by atoms with Gasteiger partial charge in [0.15, 0.2) is 11.5 Å². The summed E-state index contributed by atoms with van der Waals surface area (Å²) in [4.78, 5) is 17.9. The zero-order valence-corrected chi connectivity index (χ0v) is 19.0. The van der Waals surface area contributed by atoms with Crippen molar-refractivity contribution < 1.29 is 23.7 Å². The van der Waals surface area contributed by atoms with Gasteiger partial charge in [0, 0.05) is 17.3 Å². The number of carbonyl (C=O) groups excluding carboxylic acids is 1. The van der Waals surface area contributed by atoms with Gasteiger partial charge < -0.3 is 29.6 Å². The monoisotopic (exact) mass is 451 g/mol. The average molecular weight is 451 g/mol. The lowest BCUT2D eigenvalue weighted by Gasteiger charge is -2.30. The largest absolute Gasteiger partial charge is 0.496 e. The van der Waals surface area contributed by atoms with Crippen molar-refractivity contribution in [3.8, 4) is 23.0 Å². The van der Waals surface area contributed by atoms with E-state index in [9.17, 15) is 4.79 Å². The lowest BCUT2D eigenvalue weighted by molar-refractivity contribution is -0.113. The Hall–Kier alpha value is -4.21. The van der Waals surface area contributed by atoms with Gasteiger partial charge in [0.25, 0.3) is 5.91 Å². The maximum Gasteiger partial charge on any atom is 0.255 e. The van der Waals surface area contributed by atoms with Crippen molar-refractivity contribution in [2.75, 3.05) is 39.1 Å². The van der Waals surface area contributed by atoms with E-state index in [1.54, 1.807) is 57.4 Å². The minimum absolute atomic E-state index is 0.326. The van der Waals surface area contributed by atoms with Crippen LogP contribution in [0.25, 0.3) is 0 Å². The van der Waals surface area contributed by atoms with Crippen molar-refractivity contribution >= 4 is 17.5 Å². The van der Waals surface area contributed by atoms with Crippen LogP contribution >= 0.6 is 0 Å². The van der Waals surface area contributed by atoms with E-state index in [1.165, 1.54) is 6.33 Å². The first kappa shape index (κ1) is 22.0. The minimum Gasteiger partial charge on any atom is -0.496 e. The number of nitrogens with zero attached hydrogens (tertiary/aromatic N) is 3. The molecule has 2 N–H and O–H groups in total. The summed E-state index contributed by atoms with van der Waals surface area (Å²) in [6.07, 6.45) is 1.43. The number of carbonyl (C=O) groups is 1. The summed E-state index contributed by atoms with van der Waals surface area (Å²) in [6, 6.07) is 10.1. The first-order valence-electron chi connectivity index (χ1n) is 10.1. The molecule has 0 saturated carbocycles. The molecule has 33 heavy (non-hydrogen) atoms. The van der Waals surface area contributed by atoms with Crippen LogP contribution < -0.4 is 29.6 Å². The minimum atomic E-state index is -0.645. The van der Waals surface area contributed by atoms with Crippen LogP contribution in [0, 0.1) is 0 Å². The van der Waals surface area contributed by atoms with Crippen LogP contribution in [0.2, 0.25) is 0 Å². The Morgan fingerprint density at radius 1 is 0.970 bits per heavy atom. The number of aromatic nitrogens is 3. The van der Waals surface area contributed by atoms with Crippen LogP contribution in [0.5, 0.6) is 23.0 Å². The molecule has 0 spiro atoms. The van der Waals surface area contributed by atoms with Crippen molar-refractivity contribution in [1.82, 2.24) is 14.8 Å². The molecule has 0 fully saturated rings. The molecule has 3 aromatic rings. The standard InChI is InChI=1S/C23H25N5O5/c1-13-20(22(29)27-15-8-6-7-9-16(15)30-2)21(28-23(26-13)24-12-25-28)14-10-18(32-4)19(33-5)11-17(14)31-3/h6-12,21H,1-5H3,(H,27,29)(H,24,25,26)/t21-/m0/s1. The van der Waals surface area contributed by atoms with Gasteiger partial charge in [0.05, 0.1) is 39.7 Å². The molecule has 4 rings (SSSR count). The van der Waals surface area contributed by atoms with E-state index in [2.05, 4.69) is 20.7 Å². The predicted octanol–water partition coefficient (Wildman–Crippen LogP) is 3.24. The number of hydrogen-bond donors (Lipinski definition) is 2. The molecule has 1 aliphatic heterocycles. The summed E-state index contributed by atoms with van der Waals surface area (Å²) in [5, 5.41) is 10.5. The van der Waals surface area contributed by atoms with Gasteiger partial charge in [-0.3, -0.25) is 4.79 Å². The van der Waals surface area contributed by atoms with Gasteiger partial charge in [-0.15, -0.1) is 0 Å². The molecule has 1 aromatic heterocycles. The summed E-state index contributed by atoms with van der Waals surface area (Å²) in [6.45, 7) is 1.82. The van der Waals surface area contributed by atoms with Crippen LogP contribution in [0.4, 0.5) is 11.6 Å². The number of fused-ring (bicyclic) bond motifs is 1. The molecule has 172 valence electrons. The van der Waals surface area contributed by atoms with Crippen LogP contribution in [-0.2, 0) is 4.79 Å². The van der Waals surface area contributed by atoms with Gasteiger partial charge in [0.2, 0.25) is 5.95 Å². The SMILES string of the molecule is COc1ccccc1NC(=O)C1=C(C)Nc2ncnn2[C@H]1c1cc(OC)c(OC)cc1OC. The van der Waals surface area contributed by atoms with Crippen LogP contribution in [-0.4, -0.2) is 49.1 Å². The first-order chi connectivity index (χ1) is 16.0. The van der Waals surface area contributed by atoms with Gasteiger partial charge in [-0.1, -0.05) is 12.1 Å². The number of nitrogens with one attached hydrogen (secondary N) is 2. The zero-order valence-electron chi connectivity index (χ0n) is 19.0. The highest BCUT2D eigenvalue weighted by Gasteiger charge is 2.36. The molecule has 0 aliphatic carbocycles. The molecule has 10 nitrogen and oxygen atoms in total. The first-order valence-corrected chi connectivity index (χ1v) is 10.1. The Morgan fingerprint density at radius 2 is 1.64 bits per heavy atom. The number of amides is 1. The fourth-order valence-electron chi connectivity index (χ4n) is 3.88. The Balaban J connectivity index is 1.86. The van der Waals surface area contributed by atoms with E-state index in [1.807, 2.05) is 19.1 Å². The highest BCUT2D eigenvalue weighted by atomic mass is 16.5. The molecule has 1 atom stereocenters. The lowest BCUT2D eigenvalue weighted by atomic mass is 9.93. The van der Waals surface area contributed by atoms with Gasteiger partial charge >= 0.3 is 0 Å². The number of methoxy groups -OCH3 is 4. The van der Waals surface area contributed by atoms with E-state index >= 15 is 0 Å². The Kier molecular flexibility index (Phi) is 6.07. The van der Waals surface area contributed by atoms with Crippen LogP contribution in [0.3, 0.4) is 0 Å². The molecule has 2 aromatic carbocycles. The van der Waals surface area contributed by atoms with Crippen molar-refractivity contribution in [2.24, 2.45) is 0 Å². The van der Waals surface area contributed by atoms with E-state index < -0.39 is 6.04 Å². The number of benzene rings is 2. The summed E-state index contributed by atoms with van der Waals surface area (Å²) >= 11 is 0. The second-order valence-electron chi connectivity index (χ2n) is 7.20. The quantitative estimate of drug-likeness (QED) is 0.564. The normalized spacial score (nSPS) is 14.8. The Morgan fingerprint density at radius 3 is 2.33 bits per heavy atom. The fraction of sp³-hybridized carbons (Fsp3) is 0.261. The average Bonchev–Trinajstić information content (AvgIpc) is 3.30. The maximum absolute atomic E-state index is 13.6. The second-order valence-corrected chi connectivity index (χ2v) is 7.20. The number of ether oxygens (including phenoxy) is 4. The third-order valence-electron chi connectivity index (χ3n) is 5.42. The number of anilines is 2. The van der Waals surface area contributed by atoms with Crippen molar-refractivity contribution in [1.29, 1.82) is 0 Å². The zero-order chi connectivity index (χ0) is 23.5. The van der Waals surface area contributed by atoms with Crippen molar-refractivity contribution in [3.63, 3.8) is 0 Å². The Labute approximate surface area is 191 Å². The number of hydrogen-bond acceptors (Lipinski definition) is 8. The van der Waals surface area contributed by atoms with Gasteiger partial charge in [-0.05, 0) is 25.1 Å². The van der Waals surface area contributed by atoms with Gasteiger partial charge in [-0.25, -0.2) is 4.68 Å². The fourth-order valence-corrected chi connectivity index (χ4v) is 3.88. The van der Waals surface area contributed by atoms with E-state index in [0.29, 0.717) is 51.5 Å². The number of rotatable bonds is 7. The molecular formula is C23H25N5O5. The van der Waals surface area contributed by atoms with E-state index in [0.717, 1.165) is 0 Å². The molecule has 1 aliphatic rings. The van der Waals surface area contributed by atoms with Gasteiger partial charge in [-0.2, -0.15) is 10.1 Å². The molecular weight excluding hydrogens is 426 g/mol. The van der Waals surface area contributed by atoms with Gasteiger partial charge in [0.1, 0.15) is 23.9 Å². The molecule has 0 unspecified atom stereocenters. The highest BCUT2D eigenvalue weighted by Crippen LogP contribution is 2.44. The number of para-hydroxylation sites is 2. The molecule has 0 saturated heterocycles. The maximum atomic E-state index is 13.6. The second kappa shape index (κ2) is 9.11. The molecule has 0 radical (unpaired) electrons. The van der Waals surface area contributed by atoms with E-state index in [4.69, 9.17) is 18.9 Å². The summed E-state index contributed by atoms with van der Waals surface area (Å²) < 4.78 is 23.6. The third-order valence-corrected chi connectivity index (χ3v) is 5.42. The lowest BCUT2D eigenvalue weighted by Crippen LogP contribution is -2.31. The van der Waals surface area contributed by atoms with E-state index in [-0.39, 0.29) is 5.91 Å². The smallest absolute Gasteiger partial charge is 0.255 e. The van der Waals surface area contributed by atoms with Crippen molar-refractivity contribution in [3.05, 3.63) is 59.6 Å². The number of allylic oxidation sites excluding steroid dienone is 1. The molecule has 0 bridgehead atoms. The molecule has 2 heterocycles. The summed E-state index contributed by atoms with van der Waals surface area (Å²) in [7, 11) is 6.21.